The van der Waals surface area contributed by atoms with E-state index in [1.54, 1.807) is 7.11 Å². The average molecular weight is 249 g/mol. The van der Waals surface area contributed by atoms with Crippen molar-refractivity contribution >= 4 is 0 Å². The third-order valence-electron chi connectivity index (χ3n) is 3.80. The van der Waals surface area contributed by atoms with E-state index >= 15 is 0 Å². The van der Waals surface area contributed by atoms with E-state index in [2.05, 4.69) is 24.4 Å². The van der Waals surface area contributed by atoms with Gasteiger partial charge in [0.25, 0.3) is 0 Å². The van der Waals surface area contributed by atoms with Gasteiger partial charge in [-0.15, -0.1) is 0 Å². The number of para-hydroxylation sites is 1. The maximum atomic E-state index is 5.82. The molecule has 1 fully saturated rings. The molecule has 0 amide bonds. The van der Waals surface area contributed by atoms with Crippen LogP contribution in [0.5, 0.6) is 5.75 Å². The minimum Gasteiger partial charge on any atom is -0.491 e. The van der Waals surface area contributed by atoms with Gasteiger partial charge in [0.15, 0.2) is 0 Å². The fourth-order valence-electron chi connectivity index (χ4n) is 2.45. The van der Waals surface area contributed by atoms with Gasteiger partial charge >= 0.3 is 0 Å². The summed E-state index contributed by atoms with van der Waals surface area (Å²) in [6.07, 6.45) is 2.57. The Hall–Kier alpha value is -1.06. The van der Waals surface area contributed by atoms with Crippen LogP contribution in [-0.2, 0) is 4.74 Å². The molecule has 1 unspecified atom stereocenters. The summed E-state index contributed by atoms with van der Waals surface area (Å²) in [7, 11) is 3.72. The van der Waals surface area contributed by atoms with E-state index in [1.165, 1.54) is 18.4 Å². The molecule has 1 aliphatic rings. The summed E-state index contributed by atoms with van der Waals surface area (Å²) < 4.78 is 10.8. The van der Waals surface area contributed by atoms with E-state index in [0.717, 1.165) is 5.75 Å². The quantitative estimate of drug-likeness (QED) is 0.754. The average Bonchev–Trinajstić information content (AvgIpc) is 3.11. The third kappa shape index (κ3) is 2.85. The van der Waals surface area contributed by atoms with E-state index in [1.807, 2.05) is 19.2 Å². The molecule has 100 valence electrons. The van der Waals surface area contributed by atoms with Crippen molar-refractivity contribution in [3.8, 4) is 5.75 Å². The lowest BCUT2D eigenvalue weighted by atomic mass is 9.91. The molecule has 0 aromatic heterocycles. The molecular formula is C15H23NO2. The van der Waals surface area contributed by atoms with E-state index in [-0.39, 0.29) is 0 Å². The predicted molar refractivity (Wildman–Crippen MR) is 73.0 cm³/mol. The van der Waals surface area contributed by atoms with Gasteiger partial charge in [-0.3, -0.25) is 0 Å². The van der Waals surface area contributed by atoms with Crippen LogP contribution < -0.4 is 10.1 Å². The molecule has 0 spiro atoms. The zero-order valence-electron chi connectivity index (χ0n) is 11.5. The minimum atomic E-state index is 0.372. The van der Waals surface area contributed by atoms with Crippen LogP contribution in [0.2, 0.25) is 0 Å². The molecule has 0 heterocycles. The Labute approximate surface area is 109 Å². The second-order valence-corrected chi connectivity index (χ2v) is 5.25. The zero-order chi connectivity index (χ0) is 13.0. The summed E-state index contributed by atoms with van der Waals surface area (Å²) in [5, 5.41) is 3.44. The summed E-state index contributed by atoms with van der Waals surface area (Å²) in [6, 6.07) is 8.67. The Bertz CT molecular complexity index is 388. The van der Waals surface area contributed by atoms with Crippen LogP contribution in [0.15, 0.2) is 24.3 Å². The fraction of sp³-hybridized carbons (Fsp3) is 0.600. The molecule has 1 N–H and O–H groups in total. The first-order chi connectivity index (χ1) is 8.71. The number of methoxy groups -OCH3 is 1. The number of ether oxygens (including phenoxy) is 2. The number of rotatable bonds is 7. The summed E-state index contributed by atoms with van der Waals surface area (Å²) in [4.78, 5) is 0. The molecule has 1 saturated carbocycles. The minimum absolute atomic E-state index is 0.372. The molecule has 0 saturated heterocycles. The van der Waals surface area contributed by atoms with Gasteiger partial charge in [-0.05, 0) is 31.4 Å². The molecule has 1 atom stereocenters. The number of nitrogens with one attached hydrogen (secondary N) is 1. The van der Waals surface area contributed by atoms with E-state index in [0.29, 0.717) is 24.7 Å². The van der Waals surface area contributed by atoms with E-state index in [4.69, 9.17) is 9.47 Å². The van der Waals surface area contributed by atoms with Crippen LogP contribution >= 0.6 is 0 Å². The van der Waals surface area contributed by atoms with Gasteiger partial charge in [-0.1, -0.05) is 25.1 Å². The smallest absolute Gasteiger partial charge is 0.124 e. The first kappa shape index (κ1) is 13.4. The Kier molecular flexibility index (Phi) is 4.25. The Morgan fingerprint density at radius 2 is 2.00 bits per heavy atom. The standard InChI is InChI=1S/C15H23NO2/c1-15(8-9-15)14(16-2)12-6-4-5-7-13(12)18-11-10-17-3/h4-7,14,16H,8-11H2,1-3H3. The molecule has 0 aliphatic heterocycles. The number of hydrogen-bond donors (Lipinski definition) is 1. The summed E-state index contributed by atoms with van der Waals surface area (Å²) in [6.45, 7) is 3.55. The highest BCUT2D eigenvalue weighted by Crippen LogP contribution is 2.55. The van der Waals surface area contributed by atoms with Crippen molar-refractivity contribution in [1.29, 1.82) is 0 Å². The van der Waals surface area contributed by atoms with Gasteiger partial charge in [0, 0.05) is 18.7 Å². The summed E-state index contributed by atoms with van der Waals surface area (Å²) >= 11 is 0. The normalized spacial score (nSPS) is 18.4. The first-order valence-electron chi connectivity index (χ1n) is 6.59. The number of benzene rings is 1. The van der Waals surface area contributed by atoms with E-state index < -0.39 is 0 Å². The summed E-state index contributed by atoms with van der Waals surface area (Å²) in [5.74, 6) is 0.974. The van der Waals surface area contributed by atoms with Gasteiger partial charge in [0.05, 0.1) is 6.61 Å². The topological polar surface area (TPSA) is 30.5 Å². The maximum absolute atomic E-state index is 5.82. The second-order valence-electron chi connectivity index (χ2n) is 5.25. The van der Waals surface area contributed by atoms with Gasteiger partial charge in [0.2, 0.25) is 0 Å². The maximum Gasteiger partial charge on any atom is 0.124 e. The van der Waals surface area contributed by atoms with Crippen molar-refractivity contribution in [1.82, 2.24) is 5.32 Å². The molecule has 1 aliphatic carbocycles. The lowest BCUT2D eigenvalue weighted by Crippen LogP contribution is -2.25. The van der Waals surface area contributed by atoms with Crippen LogP contribution in [0.4, 0.5) is 0 Å². The predicted octanol–water partition coefficient (Wildman–Crippen LogP) is 2.77. The lowest BCUT2D eigenvalue weighted by Gasteiger charge is -2.25. The highest BCUT2D eigenvalue weighted by Gasteiger charge is 2.45. The van der Waals surface area contributed by atoms with Gasteiger partial charge < -0.3 is 14.8 Å². The van der Waals surface area contributed by atoms with Crippen LogP contribution in [0.3, 0.4) is 0 Å². The Balaban J connectivity index is 2.15. The zero-order valence-corrected chi connectivity index (χ0v) is 11.5. The van der Waals surface area contributed by atoms with Crippen molar-refractivity contribution in [2.75, 3.05) is 27.4 Å². The van der Waals surface area contributed by atoms with Gasteiger partial charge in [-0.25, -0.2) is 0 Å². The van der Waals surface area contributed by atoms with Gasteiger partial charge in [0.1, 0.15) is 12.4 Å². The largest absolute Gasteiger partial charge is 0.491 e. The summed E-state index contributed by atoms with van der Waals surface area (Å²) in [5.41, 5.74) is 1.64. The molecule has 3 nitrogen and oxygen atoms in total. The molecular weight excluding hydrogens is 226 g/mol. The number of hydrogen-bond acceptors (Lipinski definition) is 3. The van der Waals surface area contributed by atoms with Crippen molar-refractivity contribution in [3.05, 3.63) is 29.8 Å². The van der Waals surface area contributed by atoms with Crippen LogP contribution in [0, 0.1) is 5.41 Å². The Morgan fingerprint density at radius 1 is 1.28 bits per heavy atom. The van der Waals surface area contributed by atoms with Gasteiger partial charge in [-0.2, -0.15) is 0 Å². The van der Waals surface area contributed by atoms with Crippen molar-refractivity contribution in [2.45, 2.75) is 25.8 Å². The van der Waals surface area contributed by atoms with E-state index in [9.17, 15) is 0 Å². The van der Waals surface area contributed by atoms with Crippen molar-refractivity contribution < 1.29 is 9.47 Å². The first-order valence-corrected chi connectivity index (χ1v) is 6.59. The monoisotopic (exact) mass is 249 g/mol. The highest BCUT2D eigenvalue weighted by molar-refractivity contribution is 5.38. The molecule has 0 bridgehead atoms. The molecule has 18 heavy (non-hydrogen) atoms. The fourth-order valence-corrected chi connectivity index (χ4v) is 2.45. The Morgan fingerprint density at radius 3 is 2.61 bits per heavy atom. The van der Waals surface area contributed by atoms with Crippen LogP contribution in [0.1, 0.15) is 31.4 Å². The molecule has 3 heteroatoms. The third-order valence-corrected chi connectivity index (χ3v) is 3.80. The van der Waals surface area contributed by atoms with Crippen LogP contribution in [-0.4, -0.2) is 27.4 Å². The van der Waals surface area contributed by atoms with Crippen molar-refractivity contribution in [2.24, 2.45) is 5.41 Å². The second kappa shape index (κ2) is 5.72. The lowest BCUT2D eigenvalue weighted by molar-refractivity contribution is 0.145. The molecule has 0 radical (unpaired) electrons. The highest BCUT2D eigenvalue weighted by atomic mass is 16.5. The molecule has 2 rings (SSSR count). The molecule has 1 aromatic carbocycles. The van der Waals surface area contributed by atoms with Crippen LogP contribution in [0.25, 0.3) is 0 Å². The van der Waals surface area contributed by atoms with Crippen molar-refractivity contribution in [3.63, 3.8) is 0 Å². The molecule has 1 aromatic rings. The SMILES string of the molecule is CNC(c1ccccc1OCCOC)C1(C)CC1.